The van der Waals surface area contributed by atoms with Crippen LogP contribution in [0.5, 0.6) is 0 Å². The number of amides is 2. The number of para-hydroxylation sites is 1. The van der Waals surface area contributed by atoms with E-state index >= 15 is 0 Å². The van der Waals surface area contributed by atoms with E-state index in [1.807, 2.05) is 39.9 Å². The van der Waals surface area contributed by atoms with Gasteiger partial charge in [-0.2, -0.15) is 4.98 Å². The van der Waals surface area contributed by atoms with Crippen molar-refractivity contribution in [2.45, 2.75) is 32.2 Å². The van der Waals surface area contributed by atoms with E-state index in [0.29, 0.717) is 24.8 Å². The number of nitrogens with one attached hydrogen (secondary N) is 1. The Kier molecular flexibility index (Phi) is 4.86. The van der Waals surface area contributed by atoms with E-state index in [9.17, 15) is 4.79 Å². The van der Waals surface area contributed by atoms with Crippen LogP contribution in [-0.2, 0) is 6.54 Å². The van der Waals surface area contributed by atoms with Gasteiger partial charge in [-0.15, -0.1) is 0 Å². The van der Waals surface area contributed by atoms with Gasteiger partial charge in [0.15, 0.2) is 5.82 Å². The van der Waals surface area contributed by atoms with Crippen LogP contribution in [0.15, 0.2) is 47.5 Å². The summed E-state index contributed by atoms with van der Waals surface area (Å²) in [6.07, 6.45) is 7.26. The molecule has 0 bridgehead atoms. The Labute approximate surface area is 157 Å². The third kappa shape index (κ3) is 3.84. The fourth-order valence-electron chi connectivity index (χ4n) is 3.44. The SMILES string of the molecule is Cc1noc(C2CCCN(C(=O)NCc3ccccc3-n3ccnc3)C2)n1. The number of aryl methyl sites for hydroxylation is 1. The van der Waals surface area contributed by atoms with E-state index in [2.05, 4.69) is 20.4 Å². The van der Waals surface area contributed by atoms with Gasteiger partial charge in [0.1, 0.15) is 0 Å². The monoisotopic (exact) mass is 366 g/mol. The van der Waals surface area contributed by atoms with Crippen LogP contribution in [-0.4, -0.2) is 43.7 Å². The lowest BCUT2D eigenvalue weighted by Gasteiger charge is -2.31. The Hall–Kier alpha value is -3.16. The van der Waals surface area contributed by atoms with Crippen molar-refractivity contribution >= 4 is 6.03 Å². The van der Waals surface area contributed by atoms with Gasteiger partial charge >= 0.3 is 6.03 Å². The summed E-state index contributed by atoms with van der Waals surface area (Å²) in [4.78, 5) is 22.9. The first kappa shape index (κ1) is 17.3. The van der Waals surface area contributed by atoms with E-state index in [0.717, 1.165) is 30.6 Å². The highest BCUT2D eigenvalue weighted by Crippen LogP contribution is 2.25. The molecule has 0 radical (unpaired) electrons. The van der Waals surface area contributed by atoms with Crippen molar-refractivity contribution in [2.24, 2.45) is 0 Å². The van der Waals surface area contributed by atoms with Crippen LogP contribution in [0.2, 0.25) is 0 Å². The van der Waals surface area contributed by atoms with Crippen molar-refractivity contribution in [1.82, 2.24) is 29.9 Å². The fourth-order valence-corrected chi connectivity index (χ4v) is 3.44. The minimum atomic E-state index is -0.0728. The molecule has 0 aliphatic carbocycles. The van der Waals surface area contributed by atoms with E-state index in [4.69, 9.17) is 4.52 Å². The van der Waals surface area contributed by atoms with Crippen LogP contribution in [0, 0.1) is 6.92 Å². The van der Waals surface area contributed by atoms with Crippen LogP contribution in [0.4, 0.5) is 4.79 Å². The number of carbonyl (C=O) groups is 1. The molecule has 0 spiro atoms. The van der Waals surface area contributed by atoms with Gasteiger partial charge in [0.05, 0.1) is 17.9 Å². The van der Waals surface area contributed by atoms with Crippen LogP contribution >= 0.6 is 0 Å². The maximum Gasteiger partial charge on any atom is 0.317 e. The molecule has 140 valence electrons. The molecule has 1 aliphatic rings. The first-order valence-corrected chi connectivity index (χ1v) is 9.10. The minimum absolute atomic E-state index is 0.0728. The molecule has 3 aromatic rings. The molecule has 2 amide bonds. The molecule has 1 fully saturated rings. The Bertz CT molecular complexity index is 905. The van der Waals surface area contributed by atoms with Crippen LogP contribution in [0.1, 0.15) is 36.0 Å². The molecule has 3 heterocycles. The van der Waals surface area contributed by atoms with Crippen molar-refractivity contribution in [3.63, 3.8) is 0 Å². The maximum absolute atomic E-state index is 12.7. The molecular weight excluding hydrogens is 344 g/mol. The summed E-state index contributed by atoms with van der Waals surface area (Å²) in [5, 5.41) is 6.89. The van der Waals surface area contributed by atoms with Crippen molar-refractivity contribution in [3.05, 3.63) is 60.3 Å². The predicted octanol–water partition coefficient (Wildman–Crippen LogP) is 2.65. The van der Waals surface area contributed by atoms with Gasteiger partial charge < -0.3 is 19.3 Å². The molecule has 8 nitrogen and oxygen atoms in total. The summed E-state index contributed by atoms with van der Waals surface area (Å²) in [6, 6.07) is 7.89. The fraction of sp³-hybridized carbons (Fsp3) is 0.368. The maximum atomic E-state index is 12.7. The van der Waals surface area contributed by atoms with Crippen molar-refractivity contribution < 1.29 is 9.32 Å². The van der Waals surface area contributed by atoms with Crippen LogP contribution < -0.4 is 5.32 Å². The molecule has 1 N–H and O–H groups in total. The Balaban J connectivity index is 1.40. The number of hydrogen-bond acceptors (Lipinski definition) is 5. The van der Waals surface area contributed by atoms with Crippen molar-refractivity contribution in [3.8, 4) is 5.69 Å². The summed E-state index contributed by atoms with van der Waals surface area (Å²) < 4.78 is 7.23. The lowest BCUT2D eigenvalue weighted by molar-refractivity contribution is 0.171. The molecule has 0 saturated carbocycles. The topological polar surface area (TPSA) is 89.1 Å². The van der Waals surface area contributed by atoms with Gasteiger partial charge in [-0.25, -0.2) is 9.78 Å². The molecule has 1 aromatic carbocycles. The molecule has 4 rings (SSSR count). The molecule has 27 heavy (non-hydrogen) atoms. The standard InChI is InChI=1S/C19H22N6O2/c1-14-22-18(27-23-14)16-6-4-9-24(12-16)19(26)21-11-15-5-2-3-7-17(15)25-10-8-20-13-25/h2-3,5,7-8,10,13,16H,4,6,9,11-12H2,1H3,(H,21,26). The Morgan fingerprint density at radius 2 is 2.26 bits per heavy atom. The average Bonchev–Trinajstić information content (AvgIpc) is 3.38. The van der Waals surface area contributed by atoms with Gasteiger partial charge in [0.2, 0.25) is 5.89 Å². The summed E-state index contributed by atoms with van der Waals surface area (Å²) >= 11 is 0. The zero-order valence-corrected chi connectivity index (χ0v) is 15.2. The third-order valence-corrected chi connectivity index (χ3v) is 4.81. The second-order valence-corrected chi connectivity index (χ2v) is 6.72. The zero-order valence-electron chi connectivity index (χ0n) is 15.2. The van der Waals surface area contributed by atoms with Gasteiger partial charge in [-0.3, -0.25) is 0 Å². The van der Waals surface area contributed by atoms with E-state index < -0.39 is 0 Å². The number of rotatable bonds is 4. The molecule has 1 aliphatic heterocycles. The van der Waals surface area contributed by atoms with Crippen LogP contribution in [0.3, 0.4) is 0 Å². The smallest absolute Gasteiger partial charge is 0.317 e. The Morgan fingerprint density at radius 3 is 3.04 bits per heavy atom. The van der Waals surface area contributed by atoms with Crippen molar-refractivity contribution in [2.75, 3.05) is 13.1 Å². The second-order valence-electron chi connectivity index (χ2n) is 6.72. The van der Waals surface area contributed by atoms with Gasteiger partial charge in [0, 0.05) is 32.0 Å². The average molecular weight is 366 g/mol. The number of piperidine rings is 1. The summed E-state index contributed by atoms with van der Waals surface area (Å²) in [7, 11) is 0. The first-order valence-electron chi connectivity index (χ1n) is 9.10. The first-order chi connectivity index (χ1) is 13.2. The summed E-state index contributed by atoms with van der Waals surface area (Å²) in [6.45, 7) is 3.58. The van der Waals surface area contributed by atoms with Crippen LogP contribution in [0.25, 0.3) is 5.69 Å². The quantitative estimate of drug-likeness (QED) is 0.767. The number of urea groups is 1. The number of hydrogen-bond donors (Lipinski definition) is 1. The van der Waals surface area contributed by atoms with Crippen molar-refractivity contribution in [1.29, 1.82) is 0 Å². The number of carbonyl (C=O) groups excluding carboxylic acids is 1. The molecule has 1 saturated heterocycles. The second kappa shape index (κ2) is 7.61. The van der Waals surface area contributed by atoms with Gasteiger partial charge in [0.25, 0.3) is 0 Å². The zero-order chi connectivity index (χ0) is 18.6. The highest BCUT2D eigenvalue weighted by atomic mass is 16.5. The number of aromatic nitrogens is 4. The Morgan fingerprint density at radius 1 is 1.37 bits per heavy atom. The molecular formula is C19H22N6O2. The van der Waals surface area contributed by atoms with E-state index in [1.165, 1.54) is 0 Å². The molecule has 1 unspecified atom stereocenters. The lowest BCUT2D eigenvalue weighted by Crippen LogP contribution is -2.44. The number of likely N-dealkylation sites (tertiary alicyclic amines) is 1. The summed E-state index contributed by atoms with van der Waals surface area (Å²) in [5.74, 6) is 1.35. The minimum Gasteiger partial charge on any atom is -0.339 e. The molecule has 1 atom stereocenters. The lowest BCUT2D eigenvalue weighted by atomic mass is 9.98. The predicted molar refractivity (Wildman–Crippen MR) is 98.4 cm³/mol. The highest BCUT2D eigenvalue weighted by Gasteiger charge is 2.28. The largest absolute Gasteiger partial charge is 0.339 e. The molecule has 2 aromatic heterocycles. The number of imidazole rings is 1. The van der Waals surface area contributed by atoms with E-state index in [-0.39, 0.29) is 11.9 Å². The normalized spacial score (nSPS) is 17.1. The van der Waals surface area contributed by atoms with Gasteiger partial charge in [-0.1, -0.05) is 23.4 Å². The van der Waals surface area contributed by atoms with E-state index in [1.54, 1.807) is 19.4 Å². The third-order valence-electron chi connectivity index (χ3n) is 4.81. The van der Waals surface area contributed by atoms with Gasteiger partial charge in [-0.05, 0) is 31.4 Å². The molecule has 8 heteroatoms. The summed E-state index contributed by atoms with van der Waals surface area (Å²) in [5.41, 5.74) is 2.04. The number of benzene rings is 1. The highest BCUT2D eigenvalue weighted by molar-refractivity contribution is 5.74. The number of nitrogens with zero attached hydrogens (tertiary/aromatic N) is 5.